The van der Waals surface area contributed by atoms with Crippen molar-refractivity contribution in [3.05, 3.63) is 36.5 Å². The van der Waals surface area contributed by atoms with Crippen LogP contribution in [0.15, 0.2) is 36.5 Å². The zero-order valence-electron chi connectivity index (χ0n) is 53.6. The van der Waals surface area contributed by atoms with Crippen molar-refractivity contribution in [1.29, 1.82) is 0 Å². The first kappa shape index (κ1) is 77.7. The summed E-state index contributed by atoms with van der Waals surface area (Å²) in [5.74, 6) is -0.200. The molecule has 0 aliphatic rings. The average molecular weight is 1130 g/mol. The summed E-state index contributed by atoms with van der Waals surface area (Å²) in [4.78, 5) is 25.6. The molecule has 0 aromatic heterocycles. The molecule has 0 spiro atoms. The monoisotopic (exact) mass is 1130 g/mol. The number of hydrogen-bond acceptors (Lipinski definition) is 6. The van der Waals surface area contributed by atoms with E-state index < -0.39 is 20.0 Å². The van der Waals surface area contributed by atoms with Crippen LogP contribution >= 0.6 is 7.82 Å². The van der Waals surface area contributed by atoms with Crippen molar-refractivity contribution in [2.24, 2.45) is 0 Å². The number of aliphatic hydroxyl groups is 1. The highest BCUT2D eigenvalue weighted by molar-refractivity contribution is 7.45. The molecule has 3 unspecified atom stereocenters. The number of phosphoric ester groups is 1. The number of likely N-dealkylation sites (N-methyl/N-ethyl adjacent to an activating group) is 1. The van der Waals surface area contributed by atoms with E-state index in [-0.39, 0.29) is 19.1 Å². The topological polar surface area (TPSA) is 108 Å². The largest absolute Gasteiger partial charge is 0.756 e. The van der Waals surface area contributed by atoms with Gasteiger partial charge in [-0.3, -0.25) is 9.36 Å². The molecule has 0 aromatic carbocycles. The van der Waals surface area contributed by atoms with E-state index in [1.54, 1.807) is 6.08 Å². The van der Waals surface area contributed by atoms with Gasteiger partial charge in [0, 0.05) is 6.42 Å². The first-order valence-corrected chi connectivity index (χ1v) is 36.3. The molecule has 0 aliphatic carbocycles. The zero-order chi connectivity index (χ0) is 57.7. The lowest BCUT2D eigenvalue weighted by Crippen LogP contribution is -2.45. The van der Waals surface area contributed by atoms with Crippen LogP contribution < -0.4 is 10.2 Å². The van der Waals surface area contributed by atoms with E-state index in [9.17, 15) is 19.4 Å². The molecular weight excluding hydrogens is 996 g/mol. The fraction of sp³-hybridized carbons (Fsp3) is 0.900. The van der Waals surface area contributed by atoms with Crippen molar-refractivity contribution >= 4 is 13.7 Å². The summed E-state index contributed by atoms with van der Waals surface area (Å²) in [6.45, 7) is 4.68. The molecular formula is C70H137N2O6P. The Morgan fingerprint density at radius 3 is 1.03 bits per heavy atom. The number of rotatable bonds is 65. The highest BCUT2D eigenvalue weighted by Gasteiger charge is 2.23. The Morgan fingerprint density at radius 2 is 0.709 bits per heavy atom. The van der Waals surface area contributed by atoms with Crippen molar-refractivity contribution in [3.63, 3.8) is 0 Å². The second-order valence-corrected chi connectivity index (χ2v) is 26.6. The number of carbonyl (C=O) groups excluding carboxylic acids is 1. The number of amides is 1. The van der Waals surface area contributed by atoms with Gasteiger partial charge in [0.1, 0.15) is 13.2 Å². The minimum absolute atomic E-state index is 0.00438. The van der Waals surface area contributed by atoms with Crippen LogP contribution in [0, 0.1) is 0 Å². The predicted molar refractivity (Wildman–Crippen MR) is 344 cm³/mol. The molecule has 8 nitrogen and oxygen atoms in total. The number of quaternary nitrogens is 1. The van der Waals surface area contributed by atoms with E-state index in [0.29, 0.717) is 17.4 Å². The van der Waals surface area contributed by atoms with Crippen LogP contribution in [0.25, 0.3) is 0 Å². The molecule has 0 aliphatic heterocycles. The molecule has 0 aromatic rings. The van der Waals surface area contributed by atoms with Crippen molar-refractivity contribution in [2.75, 3.05) is 40.9 Å². The fourth-order valence-corrected chi connectivity index (χ4v) is 11.4. The molecule has 0 rings (SSSR count). The molecule has 3 atom stereocenters. The van der Waals surface area contributed by atoms with Crippen LogP contribution in [0.3, 0.4) is 0 Å². The number of nitrogens with one attached hydrogen (secondary N) is 1. The standard InChI is InChI=1S/C70H137N2O6P/c1-6-8-10-12-14-16-18-20-22-24-26-28-30-32-33-34-35-36-37-38-39-40-42-44-46-48-50-52-54-56-58-60-62-64-70(74)71-68(67-78-79(75,76)77-66-65-72(3,4)5)69(73)63-61-59-57-55-53-51-49-47-45-43-41-31-29-27-25-23-21-19-17-15-13-11-9-7-2/h24,26,53,55,61,63,68-69,73H,6-23,25,27-52,54,56-60,62,64-67H2,1-5H3,(H-,71,74,75,76)/b26-24-,55-53+,63-61+. The summed E-state index contributed by atoms with van der Waals surface area (Å²) in [5.41, 5.74) is 0. The first-order chi connectivity index (χ1) is 38.5. The Hall–Kier alpha value is -1.28. The minimum Gasteiger partial charge on any atom is -0.756 e. The lowest BCUT2D eigenvalue weighted by Gasteiger charge is -2.29. The highest BCUT2D eigenvalue weighted by Crippen LogP contribution is 2.38. The second kappa shape index (κ2) is 61.3. The van der Waals surface area contributed by atoms with Gasteiger partial charge in [0.2, 0.25) is 5.91 Å². The van der Waals surface area contributed by atoms with E-state index in [0.717, 1.165) is 38.5 Å². The molecule has 468 valence electrons. The molecule has 0 radical (unpaired) electrons. The third-order valence-electron chi connectivity index (χ3n) is 16.1. The number of phosphoric acid groups is 1. The van der Waals surface area contributed by atoms with E-state index in [1.165, 1.54) is 295 Å². The Labute approximate surface area is 493 Å². The third-order valence-corrected chi connectivity index (χ3v) is 17.0. The lowest BCUT2D eigenvalue weighted by atomic mass is 10.0. The summed E-state index contributed by atoms with van der Waals surface area (Å²) in [6.07, 6.45) is 81.3. The molecule has 1 amide bonds. The van der Waals surface area contributed by atoms with Gasteiger partial charge in [0.15, 0.2) is 0 Å². The van der Waals surface area contributed by atoms with Gasteiger partial charge in [-0.05, 0) is 57.8 Å². The van der Waals surface area contributed by atoms with E-state index in [2.05, 4.69) is 43.5 Å². The summed E-state index contributed by atoms with van der Waals surface area (Å²) in [6, 6.07) is -0.903. The average Bonchev–Trinajstić information content (AvgIpc) is 3.42. The van der Waals surface area contributed by atoms with Gasteiger partial charge in [-0.25, -0.2) is 0 Å². The molecule has 79 heavy (non-hydrogen) atoms. The number of allylic oxidation sites excluding steroid dienone is 5. The van der Waals surface area contributed by atoms with Gasteiger partial charge in [-0.1, -0.05) is 326 Å². The fourth-order valence-electron chi connectivity index (χ4n) is 10.6. The summed E-state index contributed by atoms with van der Waals surface area (Å²) >= 11 is 0. The molecule has 0 saturated carbocycles. The van der Waals surface area contributed by atoms with Gasteiger partial charge < -0.3 is 28.8 Å². The maximum absolute atomic E-state index is 13.0. The maximum Gasteiger partial charge on any atom is 0.268 e. The van der Waals surface area contributed by atoms with Crippen molar-refractivity contribution in [2.45, 2.75) is 366 Å². The number of unbranched alkanes of at least 4 members (excludes halogenated alkanes) is 48. The van der Waals surface area contributed by atoms with Gasteiger partial charge in [-0.2, -0.15) is 0 Å². The molecule has 2 N–H and O–H groups in total. The third kappa shape index (κ3) is 64.1. The summed E-state index contributed by atoms with van der Waals surface area (Å²) in [5, 5.41) is 13.9. The SMILES string of the molecule is CCCCCCCCCC/C=C\CCCCCCCCCCCCCCCCCCCCCCCC(=O)NC(COP(=O)([O-])OCC[N+](C)(C)C)C(O)/C=C/CC/C=C/CCCCCCCCCCCCCCCCCCCC. The van der Waals surface area contributed by atoms with E-state index in [4.69, 9.17) is 9.05 Å². The summed E-state index contributed by atoms with van der Waals surface area (Å²) < 4.78 is 23.4. The number of carbonyl (C=O) groups is 1. The Bertz CT molecular complexity index is 1380. The van der Waals surface area contributed by atoms with E-state index >= 15 is 0 Å². The van der Waals surface area contributed by atoms with Crippen LogP contribution in [0.1, 0.15) is 354 Å². The molecule has 0 bridgehead atoms. The Balaban J connectivity index is 4.05. The predicted octanol–water partition coefficient (Wildman–Crippen LogP) is 21.4. The molecule has 0 fully saturated rings. The second-order valence-electron chi connectivity index (χ2n) is 25.2. The minimum atomic E-state index is -4.61. The first-order valence-electron chi connectivity index (χ1n) is 34.9. The number of aliphatic hydroxyl groups excluding tert-OH is 1. The van der Waals surface area contributed by atoms with Gasteiger partial charge in [-0.15, -0.1) is 0 Å². The van der Waals surface area contributed by atoms with Crippen molar-refractivity contribution < 1.29 is 32.9 Å². The van der Waals surface area contributed by atoms with E-state index in [1.807, 2.05) is 27.2 Å². The quantitative estimate of drug-likeness (QED) is 0.0272. The van der Waals surface area contributed by atoms with Crippen LogP contribution in [-0.4, -0.2) is 68.5 Å². The molecule has 9 heteroatoms. The van der Waals surface area contributed by atoms with Crippen molar-refractivity contribution in [1.82, 2.24) is 5.32 Å². The molecule has 0 heterocycles. The highest BCUT2D eigenvalue weighted by atomic mass is 31.2. The van der Waals surface area contributed by atoms with Crippen LogP contribution in [0.4, 0.5) is 0 Å². The number of hydrogen-bond donors (Lipinski definition) is 2. The summed E-state index contributed by atoms with van der Waals surface area (Å²) in [7, 11) is 1.26. The molecule has 0 saturated heterocycles. The maximum atomic E-state index is 13.0. The van der Waals surface area contributed by atoms with Crippen LogP contribution in [-0.2, 0) is 18.4 Å². The van der Waals surface area contributed by atoms with Gasteiger partial charge >= 0.3 is 0 Å². The normalized spacial score (nSPS) is 13.9. The number of nitrogens with zero attached hydrogens (tertiary/aromatic N) is 1. The zero-order valence-corrected chi connectivity index (χ0v) is 54.5. The van der Waals surface area contributed by atoms with Crippen LogP contribution in [0.5, 0.6) is 0 Å². The Morgan fingerprint density at radius 1 is 0.430 bits per heavy atom. The van der Waals surface area contributed by atoms with Crippen LogP contribution in [0.2, 0.25) is 0 Å². The van der Waals surface area contributed by atoms with Crippen molar-refractivity contribution in [3.8, 4) is 0 Å². The lowest BCUT2D eigenvalue weighted by molar-refractivity contribution is -0.870. The Kier molecular flexibility index (Phi) is 60.3. The smallest absolute Gasteiger partial charge is 0.268 e. The van der Waals surface area contributed by atoms with Gasteiger partial charge in [0.25, 0.3) is 7.82 Å². The van der Waals surface area contributed by atoms with Gasteiger partial charge in [0.05, 0.1) is 39.9 Å².